The normalized spacial score (nSPS) is 14.6. The van der Waals surface area contributed by atoms with Crippen molar-refractivity contribution in [3.8, 4) is 5.75 Å². The zero-order valence-corrected chi connectivity index (χ0v) is 9.21. The molecule has 0 saturated heterocycles. The van der Waals surface area contributed by atoms with E-state index in [0.717, 1.165) is 12.8 Å². The molecule has 6 heteroatoms. The summed E-state index contributed by atoms with van der Waals surface area (Å²) in [5, 5.41) is 10.9. The molecule has 1 saturated carbocycles. The molecule has 1 aliphatic carbocycles. The van der Waals surface area contributed by atoms with E-state index in [1.54, 1.807) is 19.0 Å². The third-order valence-corrected chi connectivity index (χ3v) is 2.31. The van der Waals surface area contributed by atoms with Crippen molar-refractivity contribution < 1.29 is 9.66 Å². The molecule has 0 aliphatic heterocycles. The minimum Gasteiger partial charge on any atom is -0.482 e. The van der Waals surface area contributed by atoms with Gasteiger partial charge in [-0.05, 0) is 12.8 Å². The number of pyridine rings is 1. The second-order valence-electron chi connectivity index (χ2n) is 3.98. The summed E-state index contributed by atoms with van der Waals surface area (Å²) in [6, 6.07) is 1.43. The molecule has 0 unspecified atom stereocenters. The van der Waals surface area contributed by atoms with Crippen LogP contribution in [0, 0.1) is 10.1 Å². The minimum absolute atomic E-state index is 0.0226. The lowest BCUT2D eigenvalue weighted by Crippen LogP contribution is -2.11. The van der Waals surface area contributed by atoms with Crippen LogP contribution in [0.3, 0.4) is 0 Å². The van der Waals surface area contributed by atoms with Gasteiger partial charge in [-0.2, -0.15) is 0 Å². The summed E-state index contributed by atoms with van der Waals surface area (Å²) in [5.41, 5.74) is -0.0226. The minimum atomic E-state index is -0.438. The summed E-state index contributed by atoms with van der Waals surface area (Å²) in [4.78, 5) is 16.3. The SMILES string of the molecule is CN(C)c1cc([N+](=O)[O-])c(OC2CC2)cn1. The van der Waals surface area contributed by atoms with Gasteiger partial charge in [-0.15, -0.1) is 0 Å². The highest BCUT2D eigenvalue weighted by Gasteiger charge is 2.27. The Kier molecular flexibility index (Phi) is 2.64. The molecule has 1 heterocycles. The topological polar surface area (TPSA) is 68.5 Å². The lowest BCUT2D eigenvalue weighted by molar-refractivity contribution is -0.385. The summed E-state index contributed by atoms with van der Waals surface area (Å²) in [6.07, 6.45) is 3.48. The first-order valence-corrected chi connectivity index (χ1v) is 5.06. The second kappa shape index (κ2) is 3.96. The average Bonchev–Trinajstić information content (AvgIpc) is 3.01. The predicted molar refractivity (Wildman–Crippen MR) is 58.9 cm³/mol. The Balaban J connectivity index is 2.32. The lowest BCUT2D eigenvalue weighted by atomic mass is 10.3. The summed E-state index contributed by atoms with van der Waals surface area (Å²) in [6.45, 7) is 0. The van der Waals surface area contributed by atoms with Crippen LogP contribution in [0.5, 0.6) is 5.75 Å². The molecule has 0 atom stereocenters. The van der Waals surface area contributed by atoms with Gasteiger partial charge in [0.25, 0.3) is 0 Å². The first-order chi connectivity index (χ1) is 7.58. The molecule has 0 aromatic carbocycles. The number of aromatic nitrogens is 1. The van der Waals surface area contributed by atoms with Gasteiger partial charge in [0.15, 0.2) is 0 Å². The zero-order valence-electron chi connectivity index (χ0n) is 9.21. The van der Waals surface area contributed by atoms with Crippen molar-refractivity contribution in [2.75, 3.05) is 19.0 Å². The lowest BCUT2D eigenvalue weighted by Gasteiger charge is -2.12. The van der Waals surface area contributed by atoms with Crippen molar-refractivity contribution in [3.05, 3.63) is 22.4 Å². The number of hydrogen-bond donors (Lipinski definition) is 0. The molecule has 0 amide bonds. The maximum Gasteiger partial charge on any atom is 0.316 e. The molecule has 0 bridgehead atoms. The number of anilines is 1. The van der Waals surface area contributed by atoms with Gasteiger partial charge in [-0.3, -0.25) is 10.1 Å². The number of nitro groups is 1. The van der Waals surface area contributed by atoms with Crippen LogP contribution in [-0.4, -0.2) is 30.1 Å². The van der Waals surface area contributed by atoms with Crippen molar-refractivity contribution >= 4 is 11.5 Å². The van der Waals surface area contributed by atoms with Crippen LogP contribution in [0.2, 0.25) is 0 Å². The first kappa shape index (κ1) is 10.7. The highest BCUT2D eigenvalue weighted by molar-refractivity contribution is 5.54. The first-order valence-electron chi connectivity index (χ1n) is 5.06. The van der Waals surface area contributed by atoms with Crippen molar-refractivity contribution in [1.82, 2.24) is 4.98 Å². The standard InChI is InChI=1S/C10H13N3O3/c1-12(2)10-5-8(13(14)15)9(6-11-10)16-7-3-4-7/h5-7H,3-4H2,1-2H3. The van der Waals surface area contributed by atoms with Crippen LogP contribution in [0.25, 0.3) is 0 Å². The molecular formula is C10H13N3O3. The summed E-state index contributed by atoms with van der Waals surface area (Å²) in [7, 11) is 3.57. The molecule has 1 aliphatic rings. The smallest absolute Gasteiger partial charge is 0.316 e. The third-order valence-electron chi connectivity index (χ3n) is 2.31. The molecule has 0 spiro atoms. The van der Waals surface area contributed by atoms with E-state index in [9.17, 15) is 10.1 Å². The zero-order chi connectivity index (χ0) is 11.7. The van der Waals surface area contributed by atoms with Crippen molar-refractivity contribution in [2.45, 2.75) is 18.9 Å². The second-order valence-corrected chi connectivity index (χ2v) is 3.98. The van der Waals surface area contributed by atoms with Crippen LogP contribution in [0.4, 0.5) is 11.5 Å². The summed E-state index contributed by atoms with van der Waals surface area (Å²) in [5.74, 6) is 0.813. The van der Waals surface area contributed by atoms with Gasteiger partial charge in [0.05, 0.1) is 23.3 Å². The third kappa shape index (κ3) is 2.21. The molecule has 6 nitrogen and oxygen atoms in total. The van der Waals surface area contributed by atoms with Crippen molar-refractivity contribution in [2.24, 2.45) is 0 Å². The van der Waals surface area contributed by atoms with E-state index < -0.39 is 4.92 Å². The highest BCUT2D eigenvalue weighted by atomic mass is 16.6. The Morgan fingerprint density at radius 3 is 2.75 bits per heavy atom. The fourth-order valence-electron chi connectivity index (χ4n) is 1.27. The van der Waals surface area contributed by atoms with Gasteiger partial charge in [0, 0.05) is 14.1 Å². The molecule has 1 aromatic rings. The number of hydrogen-bond acceptors (Lipinski definition) is 5. The van der Waals surface area contributed by atoms with Crippen LogP contribution >= 0.6 is 0 Å². The fourth-order valence-corrected chi connectivity index (χ4v) is 1.27. The van der Waals surface area contributed by atoms with Crippen LogP contribution < -0.4 is 9.64 Å². The highest BCUT2D eigenvalue weighted by Crippen LogP contribution is 2.34. The van der Waals surface area contributed by atoms with Crippen LogP contribution in [-0.2, 0) is 0 Å². The van der Waals surface area contributed by atoms with E-state index in [1.165, 1.54) is 12.3 Å². The Bertz CT molecular complexity index is 416. The molecular weight excluding hydrogens is 210 g/mol. The Labute approximate surface area is 93.0 Å². The van der Waals surface area contributed by atoms with E-state index in [2.05, 4.69) is 4.98 Å². The maximum atomic E-state index is 10.9. The molecule has 86 valence electrons. The van der Waals surface area contributed by atoms with Gasteiger partial charge in [-0.1, -0.05) is 0 Å². The maximum absolute atomic E-state index is 10.9. The van der Waals surface area contributed by atoms with E-state index in [-0.39, 0.29) is 17.5 Å². The summed E-state index contributed by atoms with van der Waals surface area (Å²) < 4.78 is 5.43. The Hall–Kier alpha value is -1.85. The van der Waals surface area contributed by atoms with E-state index in [0.29, 0.717) is 5.82 Å². The Morgan fingerprint density at radius 2 is 2.25 bits per heavy atom. The van der Waals surface area contributed by atoms with E-state index in [1.807, 2.05) is 0 Å². The van der Waals surface area contributed by atoms with Gasteiger partial charge in [0.2, 0.25) is 5.75 Å². The van der Waals surface area contributed by atoms with E-state index >= 15 is 0 Å². The molecule has 0 radical (unpaired) electrons. The van der Waals surface area contributed by atoms with Crippen molar-refractivity contribution in [1.29, 1.82) is 0 Å². The monoisotopic (exact) mass is 223 g/mol. The molecule has 2 rings (SSSR count). The average molecular weight is 223 g/mol. The molecule has 1 fully saturated rings. The number of ether oxygens (including phenoxy) is 1. The summed E-state index contributed by atoms with van der Waals surface area (Å²) >= 11 is 0. The van der Waals surface area contributed by atoms with E-state index in [4.69, 9.17) is 4.74 Å². The number of rotatable bonds is 4. The predicted octanol–water partition coefficient (Wildman–Crippen LogP) is 1.60. The van der Waals surface area contributed by atoms with Crippen LogP contribution in [0.1, 0.15) is 12.8 Å². The van der Waals surface area contributed by atoms with Crippen LogP contribution in [0.15, 0.2) is 12.3 Å². The van der Waals surface area contributed by atoms with Gasteiger partial charge in [0.1, 0.15) is 5.82 Å². The molecule has 1 aromatic heterocycles. The molecule has 0 N–H and O–H groups in total. The van der Waals surface area contributed by atoms with Gasteiger partial charge >= 0.3 is 5.69 Å². The largest absolute Gasteiger partial charge is 0.482 e. The van der Waals surface area contributed by atoms with Crippen molar-refractivity contribution in [3.63, 3.8) is 0 Å². The van der Waals surface area contributed by atoms with Gasteiger partial charge < -0.3 is 9.64 Å². The molecule has 16 heavy (non-hydrogen) atoms. The Morgan fingerprint density at radius 1 is 1.56 bits per heavy atom. The fraction of sp³-hybridized carbons (Fsp3) is 0.500. The number of nitrogens with zero attached hydrogens (tertiary/aromatic N) is 3. The quantitative estimate of drug-likeness (QED) is 0.572. The van der Waals surface area contributed by atoms with Gasteiger partial charge in [-0.25, -0.2) is 4.98 Å².